The van der Waals surface area contributed by atoms with E-state index in [2.05, 4.69) is 5.16 Å². The zero-order valence-corrected chi connectivity index (χ0v) is 14.3. The van der Waals surface area contributed by atoms with Crippen LogP contribution in [0.25, 0.3) is 0 Å². The van der Waals surface area contributed by atoms with E-state index in [0.29, 0.717) is 0 Å². The van der Waals surface area contributed by atoms with Gasteiger partial charge in [0.1, 0.15) is 36.6 Å². The third-order valence-corrected chi connectivity index (χ3v) is 5.14. The van der Waals surface area contributed by atoms with Crippen molar-refractivity contribution in [2.45, 2.75) is 80.9 Å². The van der Waals surface area contributed by atoms with Crippen LogP contribution >= 0.6 is 0 Å². The molecule has 0 saturated carbocycles. The lowest BCUT2D eigenvalue weighted by Crippen LogP contribution is -2.65. The lowest BCUT2D eigenvalue weighted by molar-refractivity contribution is -0.355. The molecule has 3 fully saturated rings. The Kier molecular flexibility index (Phi) is 4.30. The number of aliphatic hydroxyl groups excluding tert-OH is 5. The van der Waals surface area contributed by atoms with Gasteiger partial charge in [0.05, 0.1) is 18.7 Å². The SMILES string of the molecule is CC1(C)O[C@@H]2[C@H](O1)[C@H](O)O[C@H]2C1=NO[C@@]2(C1)O[C@H](CO)[C@@H](O)[C@H](O)[C@H]2O. The van der Waals surface area contributed by atoms with Crippen molar-refractivity contribution >= 4 is 5.71 Å². The van der Waals surface area contributed by atoms with Crippen molar-refractivity contribution in [1.29, 1.82) is 0 Å². The smallest absolute Gasteiger partial charge is 0.271 e. The van der Waals surface area contributed by atoms with Crippen LogP contribution in [-0.2, 0) is 23.8 Å². The van der Waals surface area contributed by atoms with Crippen molar-refractivity contribution in [3.05, 3.63) is 0 Å². The van der Waals surface area contributed by atoms with Crippen molar-refractivity contribution in [1.82, 2.24) is 0 Å². The van der Waals surface area contributed by atoms with Crippen molar-refractivity contribution in [3.63, 3.8) is 0 Å². The summed E-state index contributed by atoms with van der Waals surface area (Å²) >= 11 is 0. The monoisotopic (exact) mass is 377 g/mol. The van der Waals surface area contributed by atoms with Crippen LogP contribution in [0.3, 0.4) is 0 Å². The molecule has 3 saturated heterocycles. The normalized spacial score (nSPS) is 52.8. The molecule has 1 spiro atoms. The summed E-state index contributed by atoms with van der Waals surface area (Å²) in [6.07, 6.45) is -9.32. The lowest BCUT2D eigenvalue weighted by atomic mass is 9.88. The van der Waals surface area contributed by atoms with Gasteiger partial charge in [0.2, 0.25) is 0 Å². The van der Waals surface area contributed by atoms with Gasteiger partial charge in [-0.1, -0.05) is 5.16 Å². The molecular formula is C15H23NO10. The standard InChI is InChI=1S/C15H23NO10/c1-14(2)24-10-9(22-13(21)11(10)25-14)5-3-15(26-16-5)12(20)8(19)7(18)6(4-17)23-15/h6-13,17-21H,3-4H2,1-2H3/t6-,7-,8+,9+,10+,11+,12-,13-,15-/m1/s1. The molecule has 0 aromatic rings. The summed E-state index contributed by atoms with van der Waals surface area (Å²) in [7, 11) is 0. The minimum atomic E-state index is -1.78. The van der Waals surface area contributed by atoms with E-state index in [9.17, 15) is 25.5 Å². The van der Waals surface area contributed by atoms with E-state index >= 15 is 0 Å². The van der Waals surface area contributed by atoms with Crippen LogP contribution in [0, 0.1) is 0 Å². The second-order valence-corrected chi connectivity index (χ2v) is 7.44. The van der Waals surface area contributed by atoms with Crippen molar-refractivity contribution in [2.75, 3.05) is 6.61 Å². The van der Waals surface area contributed by atoms with Gasteiger partial charge in [-0.05, 0) is 13.8 Å². The average Bonchev–Trinajstić information content (AvgIpc) is 3.23. The zero-order valence-electron chi connectivity index (χ0n) is 14.3. The highest BCUT2D eigenvalue weighted by Gasteiger charge is 2.62. The van der Waals surface area contributed by atoms with Crippen LogP contribution < -0.4 is 0 Å². The highest BCUT2D eigenvalue weighted by molar-refractivity contribution is 5.91. The van der Waals surface area contributed by atoms with Gasteiger partial charge >= 0.3 is 0 Å². The summed E-state index contributed by atoms with van der Waals surface area (Å²) < 4.78 is 22.4. The number of oxime groups is 1. The number of nitrogens with zero attached hydrogens (tertiary/aromatic N) is 1. The molecule has 0 amide bonds. The third kappa shape index (κ3) is 2.66. The van der Waals surface area contributed by atoms with Gasteiger partial charge in [-0.3, -0.25) is 0 Å². The maximum absolute atomic E-state index is 10.3. The summed E-state index contributed by atoms with van der Waals surface area (Å²) in [4.78, 5) is 5.28. The van der Waals surface area contributed by atoms with Crippen molar-refractivity contribution < 1.29 is 49.3 Å². The first kappa shape index (κ1) is 18.5. The molecule has 0 aliphatic carbocycles. The van der Waals surface area contributed by atoms with E-state index in [-0.39, 0.29) is 12.1 Å². The molecule has 0 aromatic carbocycles. The van der Waals surface area contributed by atoms with Crippen LogP contribution in [0.4, 0.5) is 0 Å². The van der Waals surface area contributed by atoms with Crippen molar-refractivity contribution in [3.8, 4) is 0 Å². The maximum Gasteiger partial charge on any atom is 0.271 e. The maximum atomic E-state index is 10.3. The summed E-state index contributed by atoms with van der Waals surface area (Å²) in [6, 6.07) is 0. The fourth-order valence-electron chi connectivity index (χ4n) is 3.88. The van der Waals surface area contributed by atoms with Gasteiger partial charge in [0.25, 0.3) is 5.79 Å². The first-order valence-electron chi connectivity index (χ1n) is 8.44. The van der Waals surface area contributed by atoms with E-state index < -0.39 is 67.2 Å². The fraction of sp³-hybridized carbons (Fsp3) is 0.933. The first-order chi connectivity index (χ1) is 12.2. The average molecular weight is 377 g/mol. The summed E-state index contributed by atoms with van der Waals surface area (Å²) in [5.41, 5.74) is 0.289. The number of ether oxygens (including phenoxy) is 4. The van der Waals surface area contributed by atoms with E-state index in [1.807, 2.05) is 0 Å². The van der Waals surface area contributed by atoms with Gasteiger partial charge in [-0.2, -0.15) is 0 Å². The van der Waals surface area contributed by atoms with Gasteiger partial charge < -0.3 is 49.3 Å². The predicted octanol–water partition coefficient (Wildman–Crippen LogP) is -2.83. The highest BCUT2D eigenvalue weighted by Crippen LogP contribution is 2.43. The second-order valence-electron chi connectivity index (χ2n) is 7.44. The van der Waals surface area contributed by atoms with Crippen LogP contribution in [0.1, 0.15) is 20.3 Å². The third-order valence-electron chi connectivity index (χ3n) is 5.14. The molecule has 11 nitrogen and oxygen atoms in total. The Bertz CT molecular complexity index is 597. The van der Waals surface area contributed by atoms with E-state index in [1.165, 1.54) is 0 Å². The Labute approximate surface area is 148 Å². The molecule has 4 aliphatic rings. The highest BCUT2D eigenvalue weighted by atomic mass is 16.8. The Morgan fingerprint density at radius 3 is 2.42 bits per heavy atom. The first-order valence-corrected chi connectivity index (χ1v) is 8.44. The Balaban J connectivity index is 1.53. The minimum Gasteiger partial charge on any atom is -0.394 e. The molecule has 0 radical (unpaired) electrons. The molecule has 0 aromatic heterocycles. The zero-order chi connectivity index (χ0) is 18.9. The molecular weight excluding hydrogens is 354 g/mol. The number of hydrogen-bond acceptors (Lipinski definition) is 11. The summed E-state index contributed by atoms with van der Waals surface area (Å²) in [5, 5.41) is 53.5. The molecule has 5 N–H and O–H groups in total. The van der Waals surface area contributed by atoms with Crippen molar-refractivity contribution in [2.24, 2.45) is 5.16 Å². The summed E-state index contributed by atoms with van der Waals surface area (Å²) in [6.45, 7) is 2.84. The number of hydrogen-bond donors (Lipinski definition) is 5. The molecule has 4 rings (SSSR count). The van der Waals surface area contributed by atoms with Crippen LogP contribution in [0.15, 0.2) is 5.16 Å². The number of fused-ring (bicyclic) bond motifs is 1. The molecule has 11 heteroatoms. The molecule has 4 aliphatic heterocycles. The van der Waals surface area contributed by atoms with E-state index in [0.717, 1.165) is 0 Å². The molecule has 9 atom stereocenters. The fourth-order valence-corrected chi connectivity index (χ4v) is 3.88. The predicted molar refractivity (Wildman–Crippen MR) is 80.6 cm³/mol. The molecule has 4 heterocycles. The van der Waals surface area contributed by atoms with Gasteiger partial charge in [0.15, 0.2) is 18.2 Å². The summed E-state index contributed by atoms with van der Waals surface area (Å²) in [5.74, 6) is -2.68. The van der Waals surface area contributed by atoms with Crippen LogP contribution in [0.5, 0.6) is 0 Å². The number of rotatable bonds is 2. The second kappa shape index (κ2) is 6.06. The molecule has 26 heavy (non-hydrogen) atoms. The van der Waals surface area contributed by atoms with E-state index in [4.69, 9.17) is 23.8 Å². The number of aliphatic hydroxyl groups is 5. The van der Waals surface area contributed by atoms with Gasteiger partial charge in [-0.25, -0.2) is 0 Å². The van der Waals surface area contributed by atoms with Gasteiger partial charge in [-0.15, -0.1) is 0 Å². The Morgan fingerprint density at radius 1 is 1.04 bits per heavy atom. The minimum absolute atomic E-state index is 0.112. The molecule has 148 valence electrons. The van der Waals surface area contributed by atoms with Crippen LogP contribution in [0.2, 0.25) is 0 Å². The van der Waals surface area contributed by atoms with Crippen LogP contribution in [-0.4, -0.2) is 98.4 Å². The topological polar surface area (TPSA) is 160 Å². The largest absolute Gasteiger partial charge is 0.394 e. The van der Waals surface area contributed by atoms with Gasteiger partial charge in [0, 0.05) is 0 Å². The molecule has 0 unspecified atom stereocenters. The Morgan fingerprint density at radius 2 is 1.73 bits per heavy atom. The quantitative estimate of drug-likeness (QED) is 0.339. The Hall–Kier alpha value is -0.890. The lowest BCUT2D eigenvalue weighted by Gasteiger charge is -2.44. The molecule has 0 bridgehead atoms. The van der Waals surface area contributed by atoms with E-state index in [1.54, 1.807) is 13.8 Å².